The number of hydrogen-bond acceptors (Lipinski definition) is 4. The Labute approximate surface area is 126 Å². The van der Waals surface area contributed by atoms with Crippen LogP contribution in [0, 0.1) is 5.92 Å². The second kappa shape index (κ2) is 6.56. The van der Waals surface area contributed by atoms with Crippen molar-refractivity contribution in [1.29, 1.82) is 0 Å². The monoisotopic (exact) mass is 316 g/mol. The van der Waals surface area contributed by atoms with Gasteiger partial charge < -0.3 is 5.32 Å². The van der Waals surface area contributed by atoms with Gasteiger partial charge in [0.1, 0.15) is 4.21 Å². The van der Waals surface area contributed by atoms with Gasteiger partial charge in [0.05, 0.1) is 0 Å². The summed E-state index contributed by atoms with van der Waals surface area (Å²) in [6, 6.07) is 2.27. The van der Waals surface area contributed by atoms with Crippen molar-refractivity contribution in [3.05, 3.63) is 17.0 Å². The van der Waals surface area contributed by atoms with Crippen LogP contribution in [-0.4, -0.2) is 20.5 Å². The van der Waals surface area contributed by atoms with Crippen LogP contribution in [0.2, 0.25) is 0 Å². The molecule has 1 aromatic heterocycles. The Morgan fingerprint density at radius 1 is 1.40 bits per heavy atom. The van der Waals surface area contributed by atoms with E-state index in [0.29, 0.717) is 22.7 Å². The van der Waals surface area contributed by atoms with Crippen LogP contribution in [0.15, 0.2) is 15.7 Å². The van der Waals surface area contributed by atoms with E-state index in [1.54, 1.807) is 6.07 Å². The van der Waals surface area contributed by atoms with Crippen molar-refractivity contribution in [2.75, 3.05) is 0 Å². The highest BCUT2D eigenvalue weighted by molar-refractivity contribution is 7.91. The summed E-state index contributed by atoms with van der Waals surface area (Å²) in [5, 5.41) is 5.22. The molecule has 2 atom stereocenters. The van der Waals surface area contributed by atoms with Crippen molar-refractivity contribution in [3.63, 3.8) is 0 Å². The van der Waals surface area contributed by atoms with Crippen molar-refractivity contribution < 1.29 is 8.42 Å². The summed E-state index contributed by atoms with van der Waals surface area (Å²) in [4.78, 5) is 0. The van der Waals surface area contributed by atoms with Crippen LogP contribution in [0.25, 0.3) is 0 Å². The molecule has 4 nitrogen and oxygen atoms in total. The maximum atomic E-state index is 12.4. The molecule has 0 bridgehead atoms. The zero-order chi connectivity index (χ0) is 14.8. The molecule has 2 rings (SSSR count). The average Bonchev–Trinajstić information content (AvgIpc) is 2.97. The van der Waals surface area contributed by atoms with E-state index in [-0.39, 0.29) is 6.04 Å². The maximum absolute atomic E-state index is 12.4. The van der Waals surface area contributed by atoms with Gasteiger partial charge >= 0.3 is 0 Å². The van der Waals surface area contributed by atoms with Crippen molar-refractivity contribution in [2.24, 2.45) is 5.92 Å². The molecule has 1 fully saturated rings. The molecule has 0 aromatic carbocycles. The van der Waals surface area contributed by atoms with Crippen LogP contribution in [-0.2, 0) is 16.6 Å². The summed E-state index contributed by atoms with van der Waals surface area (Å²) < 4.78 is 28.0. The van der Waals surface area contributed by atoms with Crippen LogP contribution in [0.3, 0.4) is 0 Å². The molecule has 2 N–H and O–H groups in total. The molecule has 20 heavy (non-hydrogen) atoms. The van der Waals surface area contributed by atoms with E-state index in [2.05, 4.69) is 30.8 Å². The molecular formula is C14H24N2O2S2. The Morgan fingerprint density at radius 2 is 2.15 bits per heavy atom. The fourth-order valence-electron chi connectivity index (χ4n) is 2.49. The van der Waals surface area contributed by atoms with Gasteiger partial charge in [-0.1, -0.05) is 27.2 Å². The highest BCUT2D eigenvalue weighted by Gasteiger charge is 2.29. The third-order valence-corrected chi connectivity index (χ3v) is 6.76. The Hall–Kier alpha value is -0.430. The first-order chi connectivity index (χ1) is 9.38. The van der Waals surface area contributed by atoms with Crippen LogP contribution in [0.5, 0.6) is 0 Å². The predicted octanol–water partition coefficient (Wildman–Crippen LogP) is 2.71. The first-order valence-electron chi connectivity index (χ1n) is 7.21. The number of thiophene rings is 1. The normalized spacial score (nSPS) is 23.6. The van der Waals surface area contributed by atoms with E-state index in [1.807, 2.05) is 5.38 Å². The minimum Gasteiger partial charge on any atom is -0.310 e. The van der Waals surface area contributed by atoms with Crippen LogP contribution < -0.4 is 10.0 Å². The SMILES string of the molecule is CC(C)NCc1csc(S(=O)(=O)NC2CCCC2C)c1. The standard InChI is InChI=1S/C14H24N2O2S2/c1-10(2)15-8-12-7-14(19-9-12)20(17,18)16-13-6-4-5-11(13)3/h7,9-11,13,15-16H,4-6,8H2,1-3H3. The molecule has 1 aliphatic carbocycles. The van der Waals surface area contributed by atoms with Crippen LogP contribution in [0.1, 0.15) is 45.6 Å². The zero-order valence-electron chi connectivity index (χ0n) is 12.3. The molecule has 0 spiro atoms. The molecule has 6 heteroatoms. The van der Waals surface area contributed by atoms with Gasteiger partial charge in [-0.15, -0.1) is 11.3 Å². The summed E-state index contributed by atoms with van der Waals surface area (Å²) in [7, 11) is -3.35. The third-order valence-electron chi connectivity index (χ3n) is 3.78. The van der Waals surface area contributed by atoms with Gasteiger partial charge in [0, 0.05) is 18.6 Å². The molecule has 114 valence electrons. The topological polar surface area (TPSA) is 58.2 Å². The predicted molar refractivity (Wildman–Crippen MR) is 83.4 cm³/mol. The molecule has 1 saturated carbocycles. The first kappa shape index (κ1) is 15.9. The van der Waals surface area contributed by atoms with Crippen molar-refractivity contribution >= 4 is 21.4 Å². The lowest BCUT2D eigenvalue weighted by Gasteiger charge is -2.16. The highest BCUT2D eigenvalue weighted by atomic mass is 32.2. The Kier molecular flexibility index (Phi) is 5.23. The number of hydrogen-bond donors (Lipinski definition) is 2. The quantitative estimate of drug-likeness (QED) is 0.848. The van der Waals surface area contributed by atoms with Gasteiger partial charge in [-0.05, 0) is 35.8 Å². The fourth-order valence-corrected chi connectivity index (χ4v) is 5.09. The summed E-state index contributed by atoms with van der Waals surface area (Å²) >= 11 is 1.30. The molecule has 2 unspecified atom stereocenters. The molecule has 0 radical (unpaired) electrons. The Morgan fingerprint density at radius 3 is 2.75 bits per heavy atom. The second-order valence-electron chi connectivity index (χ2n) is 5.95. The van der Waals surface area contributed by atoms with Crippen LogP contribution >= 0.6 is 11.3 Å². The smallest absolute Gasteiger partial charge is 0.250 e. The zero-order valence-corrected chi connectivity index (χ0v) is 14.0. The van der Waals surface area contributed by atoms with Crippen molar-refractivity contribution in [3.8, 4) is 0 Å². The Balaban J connectivity index is 2.02. The summed E-state index contributed by atoms with van der Waals surface area (Å²) in [5.74, 6) is 0.437. The van der Waals surface area contributed by atoms with Gasteiger partial charge in [0.2, 0.25) is 10.0 Å². The first-order valence-corrected chi connectivity index (χ1v) is 9.58. The number of sulfonamides is 1. The van der Waals surface area contributed by atoms with E-state index >= 15 is 0 Å². The van der Waals surface area contributed by atoms with Gasteiger partial charge in [-0.25, -0.2) is 13.1 Å². The third kappa shape index (κ3) is 4.04. The molecule has 1 heterocycles. The van der Waals surface area contributed by atoms with E-state index in [9.17, 15) is 8.42 Å². The minimum absolute atomic E-state index is 0.0966. The van der Waals surface area contributed by atoms with Gasteiger partial charge in [0.25, 0.3) is 0 Å². The fraction of sp³-hybridized carbons (Fsp3) is 0.714. The lowest BCUT2D eigenvalue weighted by Crippen LogP contribution is -2.36. The van der Waals surface area contributed by atoms with Crippen LogP contribution in [0.4, 0.5) is 0 Å². The molecule has 1 aromatic rings. The summed E-state index contributed by atoms with van der Waals surface area (Å²) in [6.07, 6.45) is 3.18. The largest absolute Gasteiger partial charge is 0.310 e. The van der Waals surface area contributed by atoms with Gasteiger partial charge in [-0.2, -0.15) is 0 Å². The maximum Gasteiger partial charge on any atom is 0.250 e. The van der Waals surface area contributed by atoms with Crippen molar-refractivity contribution in [2.45, 2.75) is 62.9 Å². The average molecular weight is 316 g/mol. The summed E-state index contributed by atoms with van der Waals surface area (Å²) in [5.41, 5.74) is 1.03. The van der Waals surface area contributed by atoms with Crippen molar-refractivity contribution in [1.82, 2.24) is 10.0 Å². The van der Waals surface area contributed by atoms with Gasteiger partial charge in [0.15, 0.2) is 0 Å². The number of nitrogens with one attached hydrogen (secondary N) is 2. The van der Waals surface area contributed by atoms with Gasteiger partial charge in [-0.3, -0.25) is 0 Å². The lowest BCUT2D eigenvalue weighted by atomic mass is 10.1. The van der Waals surface area contributed by atoms with E-state index in [4.69, 9.17) is 0 Å². The molecule has 1 aliphatic rings. The van der Waals surface area contributed by atoms with E-state index in [0.717, 1.165) is 24.8 Å². The minimum atomic E-state index is -3.35. The summed E-state index contributed by atoms with van der Waals surface area (Å²) in [6.45, 7) is 6.98. The molecule has 0 aliphatic heterocycles. The van der Waals surface area contributed by atoms with E-state index in [1.165, 1.54) is 11.3 Å². The van der Waals surface area contributed by atoms with E-state index < -0.39 is 10.0 Å². The number of rotatable bonds is 6. The molecular weight excluding hydrogens is 292 g/mol. The second-order valence-corrected chi connectivity index (χ2v) is 8.80. The molecule has 0 amide bonds. The molecule has 0 saturated heterocycles. The highest BCUT2D eigenvalue weighted by Crippen LogP contribution is 2.27. The lowest BCUT2D eigenvalue weighted by molar-refractivity contribution is 0.477. The Bertz CT molecular complexity index is 537.